The van der Waals surface area contributed by atoms with Gasteiger partial charge in [-0.3, -0.25) is 52.7 Å². The van der Waals surface area contributed by atoms with Crippen molar-refractivity contribution in [1.29, 1.82) is 0 Å². The summed E-state index contributed by atoms with van der Waals surface area (Å²) in [6.07, 6.45) is 16.9. The summed E-state index contributed by atoms with van der Waals surface area (Å²) in [5, 5.41) is 28.8. The Kier molecular flexibility index (Phi) is 53.8. The van der Waals surface area contributed by atoms with Gasteiger partial charge in [-0.05, 0) is 57.6 Å². The number of unbranched alkanes of at least 4 members (excludes halogenated alkanes) is 14. The van der Waals surface area contributed by atoms with Crippen molar-refractivity contribution >= 4 is 152 Å². The van der Waals surface area contributed by atoms with Crippen LogP contribution in [0, 0.1) is 29.6 Å². The minimum Gasteiger partial charge on any atom is -0.590 e. The Balaban J connectivity index is 0.0000327. The van der Waals surface area contributed by atoms with Crippen LogP contribution in [0.25, 0.3) is 4.72 Å². The van der Waals surface area contributed by atoms with Gasteiger partial charge in [0, 0.05) is 148 Å². The fourth-order valence-electron chi connectivity index (χ4n) is 10.3. The molecule has 0 saturated carbocycles. The average molecular weight is 1550 g/mol. The Morgan fingerprint density at radius 3 is 1.76 bits per heavy atom. The van der Waals surface area contributed by atoms with Gasteiger partial charge in [0.1, 0.15) is 42.4 Å². The molecule has 0 spiro atoms. The van der Waals surface area contributed by atoms with Crippen molar-refractivity contribution in [3.63, 3.8) is 0 Å². The predicted molar refractivity (Wildman–Crippen MR) is 386 cm³/mol. The molecule has 32 heteroatoms. The van der Waals surface area contributed by atoms with Crippen LogP contribution < -0.4 is 21.3 Å². The van der Waals surface area contributed by atoms with Crippen LogP contribution in [0.3, 0.4) is 0 Å². The molecule has 3 rings (SSSR count). The monoisotopic (exact) mass is 1550 g/mol. The third-order valence-electron chi connectivity index (χ3n) is 16.4. The number of Topliss-reactive ketones (excluding diaryl/α,β-unsaturated/α-hetero) is 6. The number of carboxylic acids is 2. The number of aliphatic carboxylic acids is 2. The molecule has 0 aliphatic carbocycles. The van der Waals surface area contributed by atoms with Gasteiger partial charge >= 0.3 is 11.9 Å². The molecule has 3 saturated heterocycles. The number of nitrogens with zero attached hydrogens (tertiary/aromatic N) is 1. The Morgan fingerprint density at radius 1 is 0.541 bits per heavy atom. The van der Waals surface area contributed by atoms with Gasteiger partial charge in [-0.15, -0.1) is 0 Å². The van der Waals surface area contributed by atoms with E-state index in [9.17, 15) is 67.4 Å². The third kappa shape index (κ3) is 44.8. The summed E-state index contributed by atoms with van der Waals surface area (Å²) in [5.74, 6) is -5.41. The maximum Gasteiger partial charge on any atom is 0.326 e. The first-order valence-corrected chi connectivity index (χ1v) is 42.6. The number of ketones is 6. The summed E-state index contributed by atoms with van der Waals surface area (Å²) in [6.45, 7) is 4.55. The number of rotatable bonds is 48. The van der Waals surface area contributed by atoms with Crippen molar-refractivity contribution < 1.29 is 110 Å². The molecule has 0 aromatic carbocycles. The Hall–Kier alpha value is -2.66. The first kappa shape index (κ1) is 91.4. The van der Waals surface area contributed by atoms with E-state index in [1.54, 1.807) is 6.92 Å². The van der Waals surface area contributed by atoms with E-state index < -0.39 is 59.7 Å². The molecule has 0 aromatic heterocycles. The SMILES string of the molecule is CC(=O)[C@@H]1CSSC[C@H](CC(=O)[C@@H]2CSSC[C@@H]3CC(=O)[C@H](CCCCNC(=O)COCCOCCCC(=O)COCCOCCNC(=O)CC[C@H](NC(=O)CCCCCCCCCCCCCCCCC(=O)O)C(=O)O)NC(=O)[C@@H](C)CSSC[C@H]([N-]SC3=O)C(=O)C2)C(=O)C1.[V]. The molecule has 2 bridgehead atoms. The van der Waals surface area contributed by atoms with Crippen LogP contribution in [0.1, 0.15) is 187 Å². The fourth-order valence-corrected chi connectivity index (χ4v) is 19.2. The maximum absolute atomic E-state index is 14.0. The molecule has 0 aromatic rings. The van der Waals surface area contributed by atoms with E-state index in [-0.39, 0.29) is 223 Å². The van der Waals surface area contributed by atoms with Crippen LogP contribution in [0.4, 0.5) is 0 Å². The van der Waals surface area contributed by atoms with Crippen molar-refractivity contribution in [3.8, 4) is 0 Å². The summed E-state index contributed by atoms with van der Waals surface area (Å²) in [7, 11) is 8.37. The minimum absolute atomic E-state index is 0. The number of carboxylic acid groups (broad SMARTS) is 2. The van der Waals surface area contributed by atoms with Crippen molar-refractivity contribution in [2.45, 2.75) is 205 Å². The van der Waals surface area contributed by atoms with E-state index in [0.29, 0.717) is 61.5 Å². The van der Waals surface area contributed by atoms with Gasteiger partial charge in [-0.2, -0.15) is 0 Å². The van der Waals surface area contributed by atoms with E-state index in [1.165, 1.54) is 104 Å². The predicted octanol–water partition coefficient (Wildman–Crippen LogP) is 9.59. The summed E-state index contributed by atoms with van der Waals surface area (Å²) < 4.78 is 26.3. The third-order valence-corrected chi connectivity index (χ3v) is 25.0. The van der Waals surface area contributed by atoms with E-state index in [4.69, 9.17) is 24.1 Å². The van der Waals surface area contributed by atoms with Crippen molar-refractivity contribution in [3.05, 3.63) is 4.72 Å². The van der Waals surface area contributed by atoms with Gasteiger partial charge in [0.2, 0.25) is 23.6 Å². The van der Waals surface area contributed by atoms with Crippen molar-refractivity contribution in [2.75, 3.05) is 100 Å². The van der Waals surface area contributed by atoms with Gasteiger partial charge in [0.05, 0.1) is 39.1 Å². The standard InChI is InChI=1S/C66H106N5O19S7.V/c1-46-40-91-96-45-55-59(77)36-50(57(75)35-49-42-93-92-41-48(47(2)72)34-56(49)74)43-94-95-44-51(66(86)97-71-55)37-58(76)53(70-64(46)83)21-17-18-26-67-62(80)39-90-33-30-87-28-19-20-52(73)38-89-32-31-88-29-27-68-60(78)25-24-54(65(84)85)69-61(79)22-15-13-11-9-7-5-3-4-6-8-10-12-14-16-23-63(81)82;/h46,48-51,53-55H,3-45H2,1-2H3,(H,67,80)(H,68,78)(H,69,79)(H,70,83)(H,81,82)(H,84,85);/q-1;/t46-,48-,49-,50-,51-,53-,54-,55-;/m0./s1. The van der Waals surface area contributed by atoms with Gasteiger partial charge in [0.25, 0.3) is 0 Å². The van der Waals surface area contributed by atoms with Crippen LogP contribution in [-0.4, -0.2) is 204 Å². The second kappa shape index (κ2) is 57.7. The second-order valence-electron chi connectivity index (χ2n) is 24.8. The second-order valence-corrected chi connectivity index (χ2v) is 33.2. The van der Waals surface area contributed by atoms with E-state index in [0.717, 1.165) is 51.4 Å². The van der Waals surface area contributed by atoms with Crippen molar-refractivity contribution in [2.24, 2.45) is 29.6 Å². The van der Waals surface area contributed by atoms with Gasteiger partial charge in [-0.1, -0.05) is 155 Å². The molecule has 0 unspecified atom stereocenters. The molecule has 6 N–H and O–H groups in total. The van der Waals surface area contributed by atoms with Crippen LogP contribution in [0.2, 0.25) is 0 Å². The van der Waals surface area contributed by atoms with Gasteiger partial charge < -0.3 is 59.9 Å². The molecular weight excluding hydrogens is 1440 g/mol. The van der Waals surface area contributed by atoms with E-state index >= 15 is 0 Å². The van der Waals surface area contributed by atoms with Gasteiger partial charge in [-0.25, -0.2) is 16.7 Å². The average Bonchev–Trinajstić information content (AvgIpc) is 1.12. The smallest absolute Gasteiger partial charge is 0.326 e. The Morgan fingerprint density at radius 2 is 1.10 bits per heavy atom. The maximum atomic E-state index is 14.0. The molecule has 3 aliphatic rings. The molecular formula is C66H106N5O19S7V-. The summed E-state index contributed by atoms with van der Waals surface area (Å²) in [6, 6.07) is -2.99. The van der Waals surface area contributed by atoms with Crippen LogP contribution in [0.15, 0.2) is 0 Å². The Labute approximate surface area is 619 Å². The number of hydrogen-bond donors (Lipinski definition) is 6. The molecule has 3 heterocycles. The molecule has 3 fully saturated rings. The molecule has 8 atom stereocenters. The summed E-state index contributed by atoms with van der Waals surface area (Å²) in [4.78, 5) is 166. The molecule has 24 nitrogen and oxygen atoms in total. The quantitative estimate of drug-likeness (QED) is 0.0187. The van der Waals surface area contributed by atoms with Crippen LogP contribution in [-0.2, 0) is 99.8 Å². The fraction of sp³-hybridized carbons (Fsp3) is 0.803. The molecule has 1 radical (unpaired) electrons. The van der Waals surface area contributed by atoms with Crippen LogP contribution >= 0.6 is 76.7 Å². The summed E-state index contributed by atoms with van der Waals surface area (Å²) in [5.41, 5.74) is 0. The molecule has 3 aliphatic heterocycles. The normalized spacial score (nSPS) is 21.2. The minimum atomic E-state index is -1.20. The number of hydrogen-bond acceptors (Lipinski definition) is 24. The molecule has 4 amide bonds. The number of amides is 4. The zero-order valence-electron chi connectivity index (χ0n) is 57.1. The summed E-state index contributed by atoms with van der Waals surface area (Å²) >= 11 is 0.661. The first-order chi connectivity index (χ1) is 46.7. The van der Waals surface area contributed by atoms with Crippen LogP contribution in [0.5, 0.6) is 0 Å². The first-order valence-electron chi connectivity index (χ1n) is 34.4. The number of nitrogens with one attached hydrogen (secondary N) is 4. The number of fused-ring (bicyclic) bond motifs is 4. The van der Waals surface area contributed by atoms with Gasteiger partial charge in [0.15, 0.2) is 16.7 Å². The van der Waals surface area contributed by atoms with E-state index in [2.05, 4.69) is 26.0 Å². The number of ether oxygens (including phenoxy) is 4. The Bertz CT molecular complexity index is 2450. The van der Waals surface area contributed by atoms with Crippen molar-refractivity contribution in [1.82, 2.24) is 21.3 Å². The molecule has 557 valence electrons. The van der Waals surface area contributed by atoms with E-state index in [1.807, 2.05) is 0 Å². The zero-order chi connectivity index (χ0) is 70.8. The zero-order valence-corrected chi connectivity index (χ0v) is 64.2. The molecule has 98 heavy (non-hydrogen) atoms. The largest absolute Gasteiger partial charge is 0.590 e. The number of carbonyl (C=O) groups is 13. The topological polar surface area (TPSA) is 362 Å². The number of carbonyl (C=O) groups excluding carboxylic acids is 11.